The van der Waals surface area contributed by atoms with Crippen LogP contribution in [0.25, 0.3) is 0 Å². The standard InChI is InChI=1S/C26H29NO4/c1-19(2)31-26(29)25(30-18-21-9-5-3-6-10-21)24(22-11-7-4-8-12-22)27-17-20-13-15-23(28)16-14-20/h3-16,19,24-25,27-28H,17-18H2,1-2H3. The maximum Gasteiger partial charge on any atom is 0.337 e. The number of phenols is 1. The Bertz CT molecular complexity index is 927. The van der Waals surface area contributed by atoms with Crippen molar-refractivity contribution in [2.45, 2.75) is 45.2 Å². The molecule has 0 saturated heterocycles. The van der Waals surface area contributed by atoms with E-state index in [0.717, 1.165) is 16.7 Å². The molecule has 5 heteroatoms. The molecular formula is C26H29NO4. The molecule has 0 aliphatic carbocycles. The largest absolute Gasteiger partial charge is 0.508 e. The van der Waals surface area contributed by atoms with Gasteiger partial charge in [-0.25, -0.2) is 4.79 Å². The molecule has 162 valence electrons. The Morgan fingerprint density at radius 1 is 0.871 bits per heavy atom. The van der Waals surface area contributed by atoms with Gasteiger partial charge in [0.2, 0.25) is 0 Å². The number of esters is 1. The Balaban J connectivity index is 1.84. The van der Waals surface area contributed by atoms with Crippen molar-refractivity contribution >= 4 is 5.97 Å². The summed E-state index contributed by atoms with van der Waals surface area (Å²) in [6, 6.07) is 26.1. The van der Waals surface area contributed by atoms with Gasteiger partial charge in [-0.1, -0.05) is 72.8 Å². The molecule has 0 heterocycles. The number of phenolic OH excluding ortho intramolecular Hbond substituents is 1. The average Bonchev–Trinajstić information content (AvgIpc) is 2.78. The first-order chi connectivity index (χ1) is 15.0. The highest BCUT2D eigenvalue weighted by Gasteiger charge is 2.32. The summed E-state index contributed by atoms with van der Waals surface area (Å²) >= 11 is 0. The fourth-order valence-electron chi connectivity index (χ4n) is 3.26. The van der Waals surface area contributed by atoms with E-state index in [1.54, 1.807) is 12.1 Å². The van der Waals surface area contributed by atoms with Crippen molar-refractivity contribution in [3.05, 3.63) is 102 Å². The monoisotopic (exact) mass is 419 g/mol. The van der Waals surface area contributed by atoms with Crippen molar-refractivity contribution in [3.63, 3.8) is 0 Å². The van der Waals surface area contributed by atoms with Crippen LogP contribution in [0.2, 0.25) is 0 Å². The maximum atomic E-state index is 13.0. The van der Waals surface area contributed by atoms with Gasteiger partial charge in [-0.05, 0) is 42.7 Å². The van der Waals surface area contributed by atoms with E-state index in [1.165, 1.54) is 0 Å². The van der Waals surface area contributed by atoms with Gasteiger partial charge in [0.15, 0.2) is 6.10 Å². The molecule has 2 unspecified atom stereocenters. The van der Waals surface area contributed by atoms with Crippen LogP contribution < -0.4 is 5.32 Å². The van der Waals surface area contributed by atoms with Crippen molar-refractivity contribution in [3.8, 4) is 5.75 Å². The molecule has 3 rings (SSSR count). The molecule has 31 heavy (non-hydrogen) atoms. The second-order valence-electron chi connectivity index (χ2n) is 7.64. The average molecular weight is 420 g/mol. The SMILES string of the molecule is CC(C)OC(=O)C(OCc1ccccc1)C(NCc1ccc(O)cc1)c1ccccc1. The van der Waals surface area contributed by atoms with Crippen LogP contribution in [0, 0.1) is 0 Å². The van der Waals surface area contributed by atoms with Crippen LogP contribution in [0.5, 0.6) is 5.75 Å². The van der Waals surface area contributed by atoms with Crippen LogP contribution in [0.15, 0.2) is 84.9 Å². The zero-order chi connectivity index (χ0) is 22.1. The van der Waals surface area contributed by atoms with Crippen molar-refractivity contribution < 1.29 is 19.4 Å². The number of aromatic hydroxyl groups is 1. The third kappa shape index (κ3) is 6.95. The van der Waals surface area contributed by atoms with E-state index in [9.17, 15) is 9.90 Å². The topological polar surface area (TPSA) is 67.8 Å². The van der Waals surface area contributed by atoms with E-state index in [1.807, 2.05) is 86.6 Å². The summed E-state index contributed by atoms with van der Waals surface area (Å²) < 4.78 is 11.7. The molecular weight excluding hydrogens is 390 g/mol. The third-order valence-corrected chi connectivity index (χ3v) is 4.78. The van der Waals surface area contributed by atoms with Gasteiger partial charge in [-0.3, -0.25) is 0 Å². The van der Waals surface area contributed by atoms with Crippen molar-refractivity contribution in [2.75, 3.05) is 0 Å². The molecule has 0 aliphatic heterocycles. The minimum Gasteiger partial charge on any atom is -0.508 e. The third-order valence-electron chi connectivity index (χ3n) is 4.78. The normalized spacial score (nSPS) is 13.0. The van der Waals surface area contributed by atoms with Gasteiger partial charge in [-0.15, -0.1) is 0 Å². The minimum absolute atomic E-state index is 0.216. The van der Waals surface area contributed by atoms with Crippen LogP contribution in [0.3, 0.4) is 0 Å². The Hall–Kier alpha value is -3.15. The summed E-state index contributed by atoms with van der Waals surface area (Å²) in [5.74, 6) is -0.189. The summed E-state index contributed by atoms with van der Waals surface area (Å²) in [7, 11) is 0. The summed E-state index contributed by atoms with van der Waals surface area (Å²) in [5, 5.41) is 13.0. The molecule has 3 aromatic rings. The number of nitrogens with one attached hydrogen (secondary N) is 1. The fourth-order valence-corrected chi connectivity index (χ4v) is 3.26. The van der Waals surface area contributed by atoms with E-state index >= 15 is 0 Å². The predicted molar refractivity (Wildman–Crippen MR) is 120 cm³/mol. The molecule has 0 fully saturated rings. The van der Waals surface area contributed by atoms with E-state index in [-0.39, 0.29) is 11.9 Å². The van der Waals surface area contributed by atoms with Crippen molar-refractivity contribution in [2.24, 2.45) is 0 Å². The van der Waals surface area contributed by atoms with Crippen molar-refractivity contribution in [1.82, 2.24) is 5.32 Å². The van der Waals surface area contributed by atoms with E-state index in [2.05, 4.69) is 5.32 Å². The predicted octanol–water partition coefficient (Wildman–Crippen LogP) is 4.76. The molecule has 0 aromatic heterocycles. The number of rotatable bonds is 10. The summed E-state index contributed by atoms with van der Waals surface area (Å²) in [6.07, 6.45) is -1.08. The first-order valence-electron chi connectivity index (χ1n) is 10.4. The highest BCUT2D eigenvalue weighted by Crippen LogP contribution is 2.23. The molecule has 0 spiro atoms. The number of ether oxygens (including phenoxy) is 2. The number of hydrogen-bond acceptors (Lipinski definition) is 5. The highest BCUT2D eigenvalue weighted by atomic mass is 16.6. The van der Waals surface area contributed by atoms with E-state index < -0.39 is 18.1 Å². The lowest BCUT2D eigenvalue weighted by atomic mass is 10.0. The summed E-state index contributed by atoms with van der Waals surface area (Å²) in [4.78, 5) is 13.0. The lowest BCUT2D eigenvalue weighted by molar-refractivity contribution is -0.164. The van der Waals surface area contributed by atoms with E-state index in [0.29, 0.717) is 13.2 Å². The molecule has 0 saturated carbocycles. The van der Waals surface area contributed by atoms with Crippen molar-refractivity contribution in [1.29, 1.82) is 0 Å². The second kappa shape index (κ2) is 11.3. The molecule has 0 bridgehead atoms. The van der Waals surface area contributed by atoms with Gasteiger partial charge in [0.25, 0.3) is 0 Å². The smallest absolute Gasteiger partial charge is 0.337 e. The van der Waals surface area contributed by atoms with Gasteiger partial charge in [0.1, 0.15) is 5.75 Å². The zero-order valence-corrected chi connectivity index (χ0v) is 17.9. The van der Waals surface area contributed by atoms with Crippen LogP contribution in [-0.2, 0) is 27.4 Å². The maximum absolute atomic E-state index is 13.0. The summed E-state index contributed by atoms with van der Waals surface area (Å²) in [5.41, 5.74) is 2.90. The van der Waals surface area contributed by atoms with Gasteiger partial charge < -0.3 is 19.9 Å². The highest BCUT2D eigenvalue weighted by molar-refractivity contribution is 5.76. The summed E-state index contributed by atoms with van der Waals surface area (Å²) in [6.45, 7) is 4.45. The number of hydrogen-bond donors (Lipinski definition) is 2. The lowest BCUT2D eigenvalue weighted by Crippen LogP contribution is -2.41. The van der Waals surface area contributed by atoms with Crippen LogP contribution >= 0.6 is 0 Å². The van der Waals surface area contributed by atoms with Gasteiger partial charge in [0.05, 0.1) is 18.8 Å². The number of carbonyl (C=O) groups excluding carboxylic acids is 1. The number of benzene rings is 3. The second-order valence-corrected chi connectivity index (χ2v) is 7.64. The van der Waals surface area contributed by atoms with Gasteiger partial charge in [0, 0.05) is 6.54 Å². The molecule has 0 radical (unpaired) electrons. The number of carbonyl (C=O) groups is 1. The first-order valence-corrected chi connectivity index (χ1v) is 10.4. The Labute approximate surface area is 183 Å². The van der Waals surface area contributed by atoms with Gasteiger partial charge >= 0.3 is 5.97 Å². The molecule has 2 N–H and O–H groups in total. The van der Waals surface area contributed by atoms with Crippen LogP contribution in [0.4, 0.5) is 0 Å². The van der Waals surface area contributed by atoms with E-state index in [4.69, 9.17) is 9.47 Å². The Morgan fingerprint density at radius 3 is 2.10 bits per heavy atom. The Morgan fingerprint density at radius 2 is 1.48 bits per heavy atom. The van der Waals surface area contributed by atoms with Crippen LogP contribution in [-0.4, -0.2) is 23.3 Å². The molecule has 5 nitrogen and oxygen atoms in total. The lowest BCUT2D eigenvalue weighted by Gasteiger charge is -2.28. The zero-order valence-electron chi connectivity index (χ0n) is 17.9. The molecule has 2 atom stereocenters. The Kier molecular flexibility index (Phi) is 8.21. The molecule has 0 aliphatic rings. The van der Waals surface area contributed by atoms with Gasteiger partial charge in [-0.2, -0.15) is 0 Å². The fraction of sp³-hybridized carbons (Fsp3) is 0.269. The molecule has 0 amide bonds. The molecule has 3 aromatic carbocycles. The quantitative estimate of drug-likeness (QED) is 0.464. The van der Waals surface area contributed by atoms with Crippen LogP contribution in [0.1, 0.15) is 36.6 Å². The first kappa shape index (κ1) is 22.5. The minimum atomic E-state index is -0.831.